The zero-order valence-corrected chi connectivity index (χ0v) is 33.8. The lowest BCUT2D eigenvalue weighted by atomic mass is 10.1. The number of hydrogen-bond acceptors (Lipinski definition) is 10. The smallest absolute Gasteiger partial charge is 0.232 e. The number of H-pyrrole nitrogens is 2. The normalized spacial score (nSPS) is 10.2. The lowest BCUT2D eigenvalue weighted by Gasteiger charge is -2.08. The van der Waals surface area contributed by atoms with Crippen LogP contribution in [0.1, 0.15) is 29.2 Å². The molecule has 0 unspecified atom stereocenters. The number of halogens is 2. The summed E-state index contributed by atoms with van der Waals surface area (Å²) in [5.74, 6) is 1.96. The first-order chi connectivity index (χ1) is 24.4. The summed E-state index contributed by atoms with van der Waals surface area (Å²) in [6.07, 6.45) is 3.03. The van der Waals surface area contributed by atoms with Gasteiger partial charge in [0.15, 0.2) is 15.1 Å². The molecule has 0 saturated carbocycles. The molecule has 6 aromatic rings. The van der Waals surface area contributed by atoms with Gasteiger partial charge in [-0.1, -0.05) is 147 Å². The van der Waals surface area contributed by atoms with E-state index in [4.69, 9.17) is 24.4 Å². The van der Waals surface area contributed by atoms with Gasteiger partial charge in [-0.3, -0.25) is 0 Å². The van der Waals surface area contributed by atoms with Crippen LogP contribution in [0, 0.1) is 9.54 Å². The van der Waals surface area contributed by atoms with Crippen LogP contribution in [0.25, 0.3) is 0 Å². The van der Waals surface area contributed by atoms with Crippen LogP contribution in [0.2, 0.25) is 0 Å². The molecule has 0 spiro atoms. The summed E-state index contributed by atoms with van der Waals surface area (Å²) in [5, 5.41) is 9.64. The maximum atomic E-state index is 4.95. The molecule has 0 aliphatic rings. The Morgan fingerprint density at radius 1 is 0.620 bits per heavy atom. The Hall–Kier alpha value is -3.40. The third kappa shape index (κ3) is 14.1. The summed E-state index contributed by atoms with van der Waals surface area (Å²) >= 11 is 19.8. The number of nitrogens with zero attached hydrogens (tertiary/aromatic N) is 4. The zero-order chi connectivity index (χ0) is 35.6. The van der Waals surface area contributed by atoms with Gasteiger partial charge in [0, 0.05) is 27.8 Å². The van der Waals surface area contributed by atoms with Gasteiger partial charge in [0.2, 0.25) is 16.7 Å². The molecular weight excluding hydrogens is 833 g/mol. The highest BCUT2D eigenvalue weighted by Crippen LogP contribution is 2.24. The molecule has 0 atom stereocenters. The maximum absolute atomic E-state index is 4.95. The molecular formula is C36H36Br2N8S4. The Bertz CT molecular complexity index is 1940. The van der Waals surface area contributed by atoms with E-state index in [-0.39, 0.29) is 0 Å². The highest BCUT2D eigenvalue weighted by Gasteiger charge is 2.08. The average Bonchev–Trinajstić information content (AvgIpc) is 3.15. The minimum Gasteiger partial charge on any atom is -0.326 e. The van der Waals surface area contributed by atoms with Crippen molar-refractivity contribution in [3.63, 3.8) is 0 Å². The Morgan fingerprint density at radius 2 is 1.14 bits per heavy atom. The first kappa shape index (κ1) is 39.4. The van der Waals surface area contributed by atoms with Gasteiger partial charge in [-0.25, -0.2) is 0 Å². The summed E-state index contributed by atoms with van der Waals surface area (Å²) in [5.41, 5.74) is 7.16. The van der Waals surface area contributed by atoms with Crippen LogP contribution in [-0.4, -0.2) is 36.2 Å². The van der Waals surface area contributed by atoms with Crippen molar-refractivity contribution < 1.29 is 0 Å². The minimum atomic E-state index is 0.359. The number of benzene rings is 4. The van der Waals surface area contributed by atoms with Gasteiger partial charge in [0.25, 0.3) is 0 Å². The predicted octanol–water partition coefficient (Wildman–Crippen LogP) is 11.6. The topological polar surface area (TPSA) is 107 Å². The van der Waals surface area contributed by atoms with Crippen molar-refractivity contribution in [1.29, 1.82) is 0 Å². The standard InChI is InChI=1S/C19H20N4S2.C9H8N4S2.C8H8Br2/c1-3-14-9-11-15(12-10-14)13-25-19-22-17(21-18(23-19)24-2)20-16-7-5-4-6-8-16;14-8-11-7(12-9(15)13-8)10-6-4-2-1-3-5-6;9-5-7-1-2-8(6-10)4-3-7/h4-12H,3,13H2,1-2H3,(H,20,21,22,23);1-5H,(H3,10,11,12,13,14,15);1-4H,5-6H2. The fourth-order valence-corrected chi connectivity index (χ4v) is 6.45. The van der Waals surface area contributed by atoms with Gasteiger partial charge >= 0.3 is 0 Å². The van der Waals surface area contributed by atoms with E-state index >= 15 is 0 Å². The monoisotopic (exact) mass is 866 g/mol. The molecule has 6 rings (SSSR count). The molecule has 14 heteroatoms. The summed E-state index contributed by atoms with van der Waals surface area (Å²) in [7, 11) is 0. The van der Waals surface area contributed by atoms with Crippen LogP contribution < -0.4 is 10.6 Å². The van der Waals surface area contributed by atoms with Gasteiger partial charge in [0.1, 0.15) is 0 Å². The third-order valence-corrected chi connectivity index (χ3v) is 9.80. The van der Waals surface area contributed by atoms with Crippen molar-refractivity contribution in [2.24, 2.45) is 0 Å². The van der Waals surface area contributed by atoms with Gasteiger partial charge in [-0.15, -0.1) is 0 Å². The maximum Gasteiger partial charge on any atom is 0.232 e. The molecule has 0 amide bonds. The molecule has 4 aromatic carbocycles. The number of alkyl halides is 2. The first-order valence-corrected chi connectivity index (χ1v) is 20.7. The third-order valence-electron chi connectivity index (χ3n) is 6.64. The van der Waals surface area contributed by atoms with E-state index in [0.717, 1.165) is 44.5 Å². The van der Waals surface area contributed by atoms with Crippen molar-refractivity contribution in [2.75, 3.05) is 16.9 Å². The molecule has 258 valence electrons. The summed E-state index contributed by atoms with van der Waals surface area (Å²) in [6.45, 7) is 2.17. The van der Waals surface area contributed by atoms with E-state index in [2.05, 4.69) is 128 Å². The average molecular weight is 869 g/mol. The molecule has 0 aliphatic carbocycles. The minimum absolute atomic E-state index is 0.359. The number of nitrogens with one attached hydrogen (secondary N) is 4. The number of thioether (sulfide) groups is 2. The van der Waals surface area contributed by atoms with E-state index < -0.39 is 0 Å². The van der Waals surface area contributed by atoms with E-state index in [1.807, 2.05) is 66.9 Å². The number of para-hydroxylation sites is 2. The van der Waals surface area contributed by atoms with Gasteiger partial charge in [-0.2, -0.15) is 19.9 Å². The van der Waals surface area contributed by atoms with Crippen molar-refractivity contribution in [3.8, 4) is 0 Å². The second kappa shape index (κ2) is 21.7. The zero-order valence-electron chi connectivity index (χ0n) is 27.4. The molecule has 2 aromatic heterocycles. The van der Waals surface area contributed by atoms with Crippen LogP contribution in [0.15, 0.2) is 120 Å². The van der Waals surface area contributed by atoms with E-state index in [0.29, 0.717) is 21.4 Å². The van der Waals surface area contributed by atoms with E-state index in [1.54, 1.807) is 11.8 Å². The van der Waals surface area contributed by atoms with Crippen molar-refractivity contribution in [2.45, 2.75) is 40.1 Å². The lowest BCUT2D eigenvalue weighted by Crippen LogP contribution is -2.02. The molecule has 50 heavy (non-hydrogen) atoms. The lowest BCUT2D eigenvalue weighted by molar-refractivity contribution is 0.811. The van der Waals surface area contributed by atoms with Crippen LogP contribution in [0.4, 0.5) is 23.3 Å². The number of anilines is 4. The Labute approximate surface area is 328 Å². The molecule has 2 heterocycles. The van der Waals surface area contributed by atoms with Gasteiger partial charge in [0.05, 0.1) is 0 Å². The first-order valence-electron chi connectivity index (χ1n) is 15.4. The fraction of sp³-hybridized carbons (Fsp3) is 0.167. The molecule has 0 aliphatic heterocycles. The quantitative estimate of drug-likeness (QED) is 0.0571. The molecule has 0 radical (unpaired) electrons. The number of rotatable bonds is 11. The van der Waals surface area contributed by atoms with Crippen LogP contribution >= 0.6 is 79.8 Å². The van der Waals surface area contributed by atoms with Crippen molar-refractivity contribution in [1.82, 2.24) is 29.9 Å². The number of aromatic nitrogens is 6. The highest BCUT2D eigenvalue weighted by molar-refractivity contribution is 9.08. The van der Waals surface area contributed by atoms with Crippen molar-refractivity contribution in [3.05, 3.63) is 141 Å². The van der Waals surface area contributed by atoms with Crippen LogP contribution in [0.3, 0.4) is 0 Å². The molecule has 0 fully saturated rings. The predicted molar refractivity (Wildman–Crippen MR) is 223 cm³/mol. The second-order valence-corrected chi connectivity index (χ2v) is 13.9. The van der Waals surface area contributed by atoms with Crippen molar-refractivity contribution >= 4 is 103 Å². The Balaban J connectivity index is 0.000000189. The number of aromatic amines is 2. The summed E-state index contributed by atoms with van der Waals surface area (Å²) in [6, 6.07) is 36.8. The van der Waals surface area contributed by atoms with E-state index in [1.165, 1.54) is 34.0 Å². The van der Waals surface area contributed by atoms with E-state index in [9.17, 15) is 0 Å². The highest BCUT2D eigenvalue weighted by atomic mass is 79.9. The van der Waals surface area contributed by atoms with Gasteiger partial charge in [-0.05, 0) is 83.6 Å². The molecule has 4 N–H and O–H groups in total. The molecule has 0 bridgehead atoms. The SMILES string of the molecule is BrCc1ccc(CBr)cc1.CCc1ccc(CSc2nc(Nc3ccccc3)nc(SC)n2)cc1.S=c1nc(Nc2ccccc2)[nH]c(=S)[nH]1. The molecule has 0 saturated heterocycles. The fourth-order valence-electron chi connectivity index (χ4n) is 4.05. The number of aryl methyl sites for hydroxylation is 1. The van der Waals surface area contributed by atoms with Gasteiger partial charge < -0.3 is 20.6 Å². The van der Waals surface area contributed by atoms with Crippen LogP contribution in [0.5, 0.6) is 0 Å². The Morgan fingerprint density at radius 3 is 1.66 bits per heavy atom. The van der Waals surface area contributed by atoms with Crippen LogP contribution in [-0.2, 0) is 22.8 Å². The number of hydrogen-bond donors (Lipinski definition) is 4. The summed E-state index contributed by atoms with van der Waals surface area (Å²) < 4.78 is 0.811. The Kier molecular flexibility index (Phi) is 17.1. The summed E-state index contributed by atoms with van der Waals surface area (Å²) in [4.78, 5) is 23.1. The second-order valence-electron chi connectivity index (χ2n) is 10.3. The molecule has 8 nitrogen and oxygen atoms in total. The largest absolute Gasteiger partial charge is 0.326 e.